The number of hydrogen-bond donors (Lipinski definition) is 0. The average molecular weight is 478 g/mol. The van der Waals surface area contributed by atoms with E-state index in [1.807, 2.05) is 12.2 Å². The monoisotopic (exact) mass is 477 g/mol. The molecule has 0 radical (unpaired) electrons. The van der Waals surface area contributed by atoms with E-state index >= 15 is 0 Å². The third-order valence-electron chi connectivity index (χ3n) is 6.76. The Hall–Kier alpha value is -4.62. The smallest absolute Gasteiger partial charge is 0.0618 e. The summed E-state index contributed by atoms with van der Waals surface area (Å²) in [6, 6.07) is 41.4. The van der Waals surface area contributed by atoms with Gasteiger partial charge in [-0.1, -0.05) is 127 Å². The highest BCUT2D eigenvalue weighted by Crippen LogP contribution is 2.46. The van der Waals surface area contributed by atoms with Gasteiger partial charge in [-0.25, -0.2) is 0 Å². The number of nitrogens with zero attached hydrogens (tertiary/aromatic N) is 1. The molecule has 0 unspecified atom stereocenters. The molecule has 0 amide bonds. The molecule has 0 heterocycles. The van der Waals surface area contributed by atoms with Gasteiger partial charge in [-0.05, 0) is 60.4 Å². The SMILES string of the molecule is C=Cc1ccc(-c2cccc(-c3ccc(C=C)cc3)c2N(c2ccc(C)cc2)c2ccc(C)cc2)cc1. The van der Waals surface area contributed by atoms with Gasteiger partial charge in [0.05, 0.1) is 5.69 Å². The number of aryl methyl sites for hydroxylation is 2. The number of anilines is 3. The molecule has 0 aromatic heterocycles. The second-order valence-corrected chi connectivity index (χ2v) is 9.36. The van der Waals surface area contributed by atoms with Crippen molar-refractivity contribution in [3.63, 3.8) is 0 Å². The summed E-state index contributed by atoms with van der Waals surface area (Å²) in [5.41, 5.74) is 12.7. The molecule has 0 atom stereocenters. The van der Waals surface area contributed by atoms with E-state index in [4.69, 9.17) is 0 Å². The van der Waals surface area contributed by atoms with Crippen molar-refractivity contribution < 1.29 is 0 Å². The van der Waals surface area contributed by atoms with E-state index < -0.39 is 0 Å². The van der Waals surface area contributed by atoms with Gasteiger partial charge in [0.15, 0.2) is 0 Å². The molecule has 1 heteroatoms. The maximum Gasteiger partial charge on any atom is 0.0618 e. The van der Waals surface area contributed by atoms with Gasteiger partial charge in [-0.2, -0.15) is 0 Å². The summed E-state index contributed by atoms with van der Waals surface area (Å²) in [4.78, 5) is 2.38. The molecule has 5 rings (SSSR count). The molecule has 0 bridgehead atoms. The van der Waals surface area contributed by atoms with E-state index in [0.717, 1.165) is 39.3 Å². The molecule has 0 N–H and O–H groups in total. The standard InChI is InChI=1S/C36H31N/c1-5-28-14-18-30(19-15-28)34-8-7-9-35(31-20-16-29(6-2)17-21-31)36(34)37(32-22-10-26(3)11-23-32)33-24-12-27(4)13-25-33/h5-25H,1-2H2,3-4H3. The lowest BCUT2D eigenvalue weighted by Crippen LogP contribution is -2.12. The minimum absolute atomic E-state index is 1.11. The highest BCUT2D eigenvalue weighted by atomic mass is 15.1. The Balaban J connectivity index is 1.82. The molecule has 5 aromatic rings. The molecule has 0 aliphatic carbocycles. The zero-order valence-electron chi connectivity index (χ0n) is 21.5. The van der Waals surface area contributed by atoms with Gasteiger partial charge >= 0.3 is 0 Å². The third kappa shape index (κ3) is 5.03. The number of para-hydroxylation sites is 1. The summed E-state index contributed by atoms with van der Waals surface area (Å²) in [7, 11) is 0. The maximum atomic E-state index is 3.93. The van der Waals surface area contributed by atoms with Crippen LogP contribution in [0.5, 0.6) is 0 Å². The predicted molar refractivity (Wildman–Crippen MR) is 162 cm³/mol. The van der Waals surface area contributed by atoms with Crippen molar-refractivity contribution in [1.29, 1.82) is 0 Å². The minimum atomic E-state index is 1.11. The molecule has 1 nitrogen and oxygen atoms in total. The Morgan fingerprint density at radius 1 is 0.486 bits per heavy atom. The first kappa shape index (κ1) is 24.1. The lowest BCUT2D eigenvalue weighted by Gasteiger charge is -2.30. The minimum Gasteiger partial charge on any atom is -0.309 e. The summed E-state index contributed by atoms with van der Waals surface area (Å²) in [5.74, 6) is 0. The Morgan fingerprint density at radius 2 is 0.865 bits per heavy atom. The first-order valence-electron chi connectivity index (χ1n) is 12.6. The summed E-state index contributed by atoms with van der Waals surface area (Å²) in [5, 5.41) is 0. The normalized spacial score (nSPS) is 10.6. The van der Waals surface area contributed by atoms with Crippen LogP contribution in [0.3, 0.4) is 0 Å². The Labute approximate surface area is 220 Å². The van der Waals surface area contributed by atoms with Gasteiger partial charge in [0.25, 0.3) is 0 Å². The predicted octanol–water partition coefficient (Wildman–Crippen LogP) is 10.4. The summed E-state index contributed by atoms with van der Waals surface area (Å²) >= 11 is 0. The Kier molecular flexibility index (Phi) is 6.87. The lowest BCUT2D eigenvalue weighted by molar-refractivity contribution is 1.27. The molecule has 0 saturated carbocycles. The van der Waals surface area contributed by atoms with Gasteiger partial charge in [-0.3, -0.25) is 0 Å². The topological polar surface area (TPSA) is 3.24 Å². The van der Waals surface area contributed by atoms with Crippen LogP contribution in [0, 0.1) is 13.8 Å². The van der Waals surface area contributed by atoms with Gasteiger partial charge < -0.3 is 4.90 Å². The first-order chi connectivity index (χ1) is 18.1. The van der Waals surface area contributed by atoms with Crippen LogP contribution in [-0.4, -0.2) is 0 Å². The second-order valence-electron chi connectivity index (χ2n) is 9.36. The van der Waals surface area contributed by atoms with E-state index in [0.29, 0.717) is 0 Å². The van der Waals surface area contributed by atoms with E-state index in [9.17, 15) is 0 Å². The average Bonchev–Trinajstić information content (AvgIpc) is 2.95. The molecule has 37 heavy (non-hydrogen) atoms. The van der Waals surface area contributed by atoms with Crippen LogP contribution in [0.25, 0.3) is 34.4 Å². The van der Waals surface area contributed by atoms with Crippen molar-refractivity contribution in [3.8, 4) is 22.3 Å². The van der Waals surface area contributed by atoms with E-state index in [2.05, 4.69) is 147 Å². The van der Waals surface area contributed by atoms with Crippen molar-refractivity contribution in [2.45, 2.75) is 13.8 Å². The zero-order chi connectivity index (χ0) is 25.8. The molecule has 0 aliphatic heterocycles. The summed E-state index contributed by atoms with van der Waals surface area (Å²) in [6.45, 7) is 12.1. The molecule has 5 aromatic carbocycles. The zero-order valence-corrected chi connectivity index (χ0v) is 21.5. The lowest BCUT2D eigenvalue weighted by atomic mass is 9.93. The van der Waals surface area contributed by atoms with Crippen LogP contribution in [-0.2, 0) is 0 Å². The summed E-state index contributed by atoms with van der Waals surface area (Å²) < 4.78 is 0. The Bertz CT molecular complexity index is 1410. The van der Waals surface area contributed by atoms with Gasteiger partial charge in [0.1, 0.15) is 0 Å². The maximum absolute atomic E-state index is 3.93. The van der Waals surface area contributed by atoms with Gasteiger partial charge in [0, 0.05) is 22.5 Å². The fraction of sp³-hybridized carbons (Fsp3) is 0.0556. The molecule has 0 spiro atoms. The number of benzene rings is 5. The van der Waals surface area contributed by atoms with Crippen LogP contribution >= 0.6 is 0 Å². The summed E-state index contributed by atoms with van der Waals surface area (Å²) in [6.07, 6.45) is 3.76. The second kappa shape index (κ2) is 10.6. The van der Waals surface area contributed by atoms with Crippen LogP contribution < -0.4 is 4.90 Å². The van der Waals surface area contributed by atoms with Crippen molar-refractivity contribution >= 4 is 29.2 Å². The van der Waals surface area contributed by atoms with Crippen molar-refractivity contribution in [2.75, 3.05) is 4.90 Å². The largest absolute Gasteiger partial charge is 0.309 e. The fourth-order valence-corrected chi connectivity index (χ4v) is 4.64. The van der Waals surface area contributed by atoms with Crippen molar-refractivity contribution in [1.82, 2.24) is 0 Å². The third-order valence-corrected chi connectivity index (χ3v) is 6.76. The first-order valence-corrected chi connectivity index (χ1v) is 12.6. The van der Waals surface area contributed by atoms with Crippen LogP contribution in [0.4, 0.5) is 17.1 Å². The van der Waals surface area contributed by atoms with E-state index in [1.54, 1.807) is 0 Å². The van der Waals surface area contributed by atoms with E-state index in [-0.39, 0.29) is 0 Å². The fourth-order valence-electron chi connectivity index (χ4n) is 4.64. The quantitative estimate of drug-likeness (QED) is 0.225. The van der Waals surface area contributed by atoms with Crippen molar-refractivity contribution in [2.24, 2.45) is 0 Å². The van der Waals surface area contributed by atoms with Crippen LogP contribution in [0.2, 0.25) is 0 Å². The van der Waals surface area contributed by atoms with Gasteiger partial charge in [0.2, 0.25) is 0 Å². The molecular weight excluding hydrogens is 446 g/mol. The van der Waals surface area contributed by atoms with E-state index in [1.165, 1.54) is 22.3 Å². The molecule has 0 fully saturated rings. The van der Waals surface area contributed by atoms with Crippen LogP contribution in [0.1, 0.15) is 22.3 Å². The highest BCUT2D eigenvalue weighted by molar-refractivity contribution is 5.97. The van der Waals surface area contributed by atoms with Gasteiger partial charge in [-0.15, -0.1) is 0 Å². The molecular formula is C36H31N. The highest BCUT2D eigenvalue weighted by Gasteiger charge is 2.21. The van der Waals surface area contributed by atoms with Crippen LogP contribution in [0.15, 0.2) is 128 Å². The Morgan fingerprint density at radius 3 is 1.22 bits per heavy atom. The number of rotatable bonds is 7. The molecule has 180 valence electrons. The molecule has 0 aliphatic rings. The number of hydrogen-bond acceptors (Lipinski definition) is 1. The van der Waals surface area contributed by atoms with Crippen molar-refractivity contribution in [3.05, 3.63) is 151 Å². The molecule has 0 saturated heterocycles.